The molecule has 2 rings (SSSR count). The number of halogens is 2. The van der Waals surface area contributed by atoms with Crippen molar-refractivity contribution in [2.24, 2.45) is 4.99 Å². The highest BCUT2D eigenvalue weighted by Gasteiger charge is 2.21. The normalized spacial score (nSPS) is 15.8. The van der Waals surface area contributed by atoms with E-state index < -0.39 is 11.8 Å². The minimum Gasteiger partial charge on any atom is -0.364 e. The smallest absolute Gasteiger partial charge is 0.251 e. The number of anilines is 1. The largest absolute Gasteiger partial charge is 0.364 e. The first-order valence-corrected chi connectivity index (χ1v) is 5.53. The first kappa shape index (κ1) is 12.4. The lowest BCUT2D eigenvalue weighted by atomic mass is 10.1. The molecular formula is C13H13F2N3. The van der Waals surface area contributed by atoms with Crippen LogP contribution in [0.4, 0.5) is 14.5 Å². The average molecular weight is 249 g/mol. The van der Waals surface area contributed by atoms with Gasteiger partial charge in [0.25, 0.3) is 5.95 Å². The summed E-state index contributed by atoms with van der Waals surface area (Å²) in [5, 5.41) is 0. The van der Waals surface area contributed by atoms with Crippen molar-refractivity contribution in [2.45, 2.75) is 6.42 Å². The fourth-order valence-electron chi connectivity index (χ4n) is 2.00. The topological polar surface area (TPSA) is 28.5 Å². The summed E-state index contributed by atoms with van der Waals surface area (Å²) in [5.74, 6) is -2.00. The van der Waals surface area contributed by atoms with Gasteiger partial charge in [-0.2, -0.15) is 8.78 Å². The van der Waals surface area contributed by atoms with E-state index in [0.29, 0.717) is 19.5 Å². The Kier molecular flexibility index (Phi) is 3.50. The molecule has 0 aromatic carbocycles. The van der Waals surface area contributed by atoms with Gasteiger partial charge in [0.1, 0.15) is 0 Å². The fraction of sp³-hybridized carbons (Fsp3) is 0.231. The van der Waals surface area contributed by atoms with Crippen molar-refractivity contribution in [3.63, 3.8) is 0 Å². The Labute approximate surface area is 104 Å². The van der Waals surface area contributed by atoms with Gasteiger partial charge >= 0.3 is 0 Å². The monoisotopic (exact) mass is 249 g/mol. The van der Waals surface area contributed by atoms with E-state index in [4.69, 9.17) is 0 Å². The Morgan fingerprint density at radius 2 is 2.22 bits per heavy atom. The number of pyridine rings is 1. The lowest BCUT2D eigenvalue weighted by molar-refractivity contribution is 0.477. The number of hydrogen-bond donors (Lipinski definition) is 0. The van der Waals surface area contributed by atoms with Crippen LogP contribution in [0.5, 0.6) is 0 Å². The van der Waals surface area contributed by atoms with Crippen LogP contribution in [-0.4, -0.2) is 24.8 Å². The first-order chi connectivity index (χ1) is 8.67. The summed E-state index contributed by atoms with van der Waals surface area (Å²) in [6.45, 7) is 8.20. The predicted octanol–water partition coefficient (Wildman–Crippen LogP) is 2.71. The summed E-state index contributed by atoms with van der Waals surface area (Å²) in [6, 6.07) is 1.46. The molecule has 0 N–H and O–H groups in total. The molecule has 0 aliphatic carbocycles. The maximum atomic E-state index is 13.6. The molecule has 0 unspecified atom stereocenters. The van der Waals surface area contributed by atoms with E-state index in [1.54, 1.807) is 11.0 Å². The van der Waals surface area contributed by atoms with Crippen LogP contribution >= 0.6 is 0 Å². The molecule has 1 aliphatic heterocycles. The molecule has 0 saturated carbocycles. The summed E-state index contributed by atoms with van der Waals surface area (Å²) in [7, 11) is 0. The quantitative estimate of drug-likeness (QED) is 0.608. The van der Waals surface area contributed by atoms with Gasteiger partial charge in [0.2, 0.25) is 5.82 Å². The van der Waals surface area contributed by atoms with Gasteiger partial charge in [0, 0.05) is 31.4 Å². The summed E-state index contributed by atoms with van der Waals surface area (Å²) >= 11 is 0. The van der Waals surface area contributed by atoms with E-state index in [-0.39, 0.29) is 5.69 Å². The highest BCUT2D eigenvalue weighted by Crippen LogP contribution is 2.27. The van der Waals surface area contributed by atoms with E-state index in [1.807, 2.05) is 0 Å². The molecule has 1 aliphatic rings. The summed E-state index contributed by atoms with van der Waals surface area (Å²) in [5.41, 5.74) is 1.95. The number of rotatable bonds is 3. The highest BCUT2D eigenvalue weighted by atomic mass is 19.2. The Hall–Kier alpha value is -2.04. The zero-order valence-electron chi connectivity index (χ0n) is 9.87. The van der Waals surface area contributed by atoms with Gasteiger partial charge in [-0.1, -0.05) is 12.7 Å². The third-order valence-corrected chi connectivity index (χ3v) is 2.95. The van der Waals surface area contributed by atoms with Gasteiger partial charge in [-0.15, -0.1) is 0 Å². The van der Waals surface area contributed by atoms with Crippen molar-refractivity contribution in [3.05, 3.63) is 48.0 Å². The van der Waals surface area contributed by atoms with Gasteiger partial charge in [-0.3, -0.25) is 4.99 Å². The van der Waals surface area contributed by atoms with Crippen molar-refractivity contribution in [2.75, 3.05) is 18.0 Å². The van der Waals surface area contributed by atoms with Crippen molar-refractivity contribution in [3.8, 4) is 0 Å². The number of aliphatic imine (C=N–C) groups is 1. The molecular weight excluding hydrogens is 236 g/mol. The van der Waals surface area contributed by atoms with Gasteiger partial charge in [0.05, 0.1) is 5.69 Å². The van der Waals surface area contributed by atoms with E-state index >= 15 is 0 Å². The van der Waals surface area contributed by atoms with Crippen molar-refractivity contribution in [1.29, 1.82) is 0 Å². The van der Waals surface area contributed by atoms with Gasteiger partial charge < -0.3 is 4.90 Å². The minimum atomic E-state index is -1.08. The minimum absolute atomic E-state index is 0.213. The molecule has 0 saturated heterocycles. The molecule has 0 spiro atoms. The molecule has 0 amide bonds. The molecule has 2 heterocycles. The zero-order valence-corrected chi connectivity index (χ0v) is 9.87. The molecule has 1 aromatic rings. The molecule has 0 fully saturated rings. The zero-order chi connectivity index (χ0) is 13.1. The number of hydrogen-bond acceptors (Lipinski definition) is 3. The maximum absolute atomic E-state index is 13.6. The SMILES string of the molecule is C=CC1=C(N=C)CCN(c2ccnc(F)c2F)C1. The molecule has 94 valence electrons. The molecule has 5 heteroatoms. The van der Waals surface area contributed by atoms with Crippen LogP contribution in [0, 0.1) is 11.8 Å². The van der Waals surface area contributed by atoms with Crippen LogP contribution in [0.25, 0.3) is 0 Å². The summed E-state index contributed by atoms with van der Waals surface area (Å²) in [4.78, 5) is 8.94. The van der Waals surface area contributed by atoms with E-state index in [0.717, 1.165) is 11.3 Å². The standard InChI is InChI=1S/C13H13F2N3/c1-3-9-8-18(7-5-10(9)16-2)11-4-6-17-13(15)12(11)14/h3-4,6H,1-2,5,7-8H2. The number of nitrogens with zero attached hydrogens (tertiary/aromatic N) is 3. The van der Waals surface area contributed by atoms with Crippen LogP contribution in [0.3, 0.4) is 0 Å². The molecule has 3 nitrogen and oxygen atoms in total. The van der Waals surface area contributed by atoms with E-state index in [2.05, 4.69) is 23.3 Å². The van der Waals surface area contributed by atoms with E-state index in [1.165, 1.54) is 12.3 Å². The second-order valence-corrected chi connectivity index (χ2v) is 3.94. The summed E-state index contributed by atoms with van der Waals surface area (Å²) < 4.78 is 26.7. The van der Waals surface area contributed by atoms with Gasteiger partial charge in [-0.25, -0.2) is 4.98 Å². The Balaban J connectivity index is 2.33. The van der Waals surface area contributed by atoms with Gasteiger partial charge in [0.15, 0.2) is 0 Å². The third kappa shape index (κ3) is 2.16. The maximum Gasteiger partial charge on any atom is 0.251 e. The van der Waals surface area contributed by atoms with Crippen molar-refractivity contribution in [1.82, 2.24) is 4.98 Å². The Morgan fingerprint density at radius 3 is 2.89 bits per heavy atom. The predicted molar refractivity (Wildman–Crippen MR) is 67.8 cm³/mol. The number of aromatic nitrogens is 1. The first-order valence-electron chi connectivity index (χ1n) is 5.53. The molecule has 0 radical (unpaired) electrons. The molecule has 18 heavy (non-hydrogen) atoms. The molecule has 0 atom stereocenters. The van der Waals surface area contributed by atoms with Crippen molar-refractivity contribution < 1.29 is 8.78 Å². The fourth-order valence-corrected chi connectivity index (χ4v) is 2.00. The van der Waals surface area contributed by atoms with Crippen molar-refractivity contribution >= 4 is 12.4 Å². The second-order valence-electron chi connectivity index (χ2n) is 3.94. The lowest BCUT2D eigenvalue weighted by Gasteiger charge is -2.30. The van der Waals surface area contributed by atoms with Crippen LogP contribution in [-0.2, 0) is 0 Å². The lowest BCUT2D eigenvalue weighted by Crippen LogP contribution is -2.32. The summed E-state index contributed by atoms with van der Waals surface area (Å²) in [6.07, 6.45) is 3.56. The van der Waals surface area contributed by atoms with Gasteiger partial charge in [-0.05, 0) is 18.4 Å². The molecule has 0 bridgehead atoms. The third-order valence-electron chi connectivity index (χ3n) is 2.95. The van der Waals surface area contributed by atoms with Crippen LogP contribution < -0.4 is 4.90 Å². The molecule has 1 aromatic heterocycles. The van der Waals surface area contributed by atoms with E-state index in [9.17, 15) is 8.78 Å². The highest BCUT2D eigenvalue weighted by molar-refractivity contribution is 5.51. The van der Waals surface area contributed by atoms with Crippen LogP contribution in [0.2, 0.25) is 0 Å². The Morgan fingerprint density at radius 1 is 1.44 bits per heavy atom. The van der Waals surface area contributed by atoms with Crippen LogP contribution in [0.15, 0.2) is 41.2 Å². The Bertz CT molecular complexity index is 523. The second kappa shape index (κ2) is 5.08. The van der Waals surface area contributed by atoms with Crippen LogP contribution in [0.1, 0.15) is 6.42 Å². The average Bonchev–Trinajstić information content (AvgIpc) is 2.41.